The Morgan fingerprint density at radius 3 is 2.66 bits per heavy atom. The van der Waals surface area contributed by atoms with E-state index in [1.54, 1.807) is 24.3 Å². The first-order valence-corrected chi connectivity index (χ1v) is 11.6. The molecule has 0 bridgehead atoms. The predicted molar refractivity (Wildman–Crippen MR) is 114 cm³/mol. The van der Waals surface area contributed by atoms with Gasteiger partial charge in [-0.3, -0.25) is 9.52 Å². The Labute approximate surface area is 172 Å². The van der Waals surface area contributed by atoms with E-state index in [9.17, 15) is 13.2 Å². The van der Waals surface area contributed by atoms with Crippen LogP contribution in [-0.2, 0) is 21.2 Å². The highest BCUT2D eigenvalue weighted by molar-refractivity contribution is 7.92. The van der Waals surface area contributed by atoms with Crippen molar-refractivity contribution in [1.29, 1.82) is 0 Å². The number of nitrogens with one attached hydrogen (secondary N) is 2. The Bertz CT molecular complexity index is 920. The number of anilines is 1. The molecule has 1 unspecified atom stereocenters. The molecule has 0 aromatic heterocycles. The third-order valence-electron chi connectivity index (χ3n) is 4.93. The van der Waals surface area contributed by atoms with Crippen molar-refractivity contribution in [3.05, 3.63) is 59.7 Å². The van der Waals surface area contributed by atoms with Crippen LogP contribution in [0.4, 0.5) is 5.69 Å². The molecule has 0 aliphatic carbocycles. The molecule has 2 aromatic carbocycles. The minimum Gasteiger partial charge on any atom is -0.379 e. The fourth-order valence-corrected chi connectivity index (χ4v) is 4.37. The molecule has 1 aliphatic rings. The van der Waals surface area contributed by atoms with Gasteiger partial charge in [0, 0.05) is 17.9 Å². The van der Waals surface area contributed by atoms with Crippen LogP contribution in [0, 0.1) is 0 Å². The third kappa shape index (κ3) is 6.05. The lowest BCUT2D eigenvalue weighted by molar-refractivity contribution is 0.0624. The van der Waals surface area contributed by atoms with E-state index < -0.39 is 10.0 Å². The van der Waals surface area contributed by atoms with Gasteiger partial charge >= 0.3 is 0 Å². The lowest BCUT2D eigenvalue weighted by atomic mass is 10.1. The summed E-state index contributed by atoms with van der Waals surface area (Å²) in [5.74, 6) is -0.294. The number of carbonyl (C=O) groups is 1. The monoisotopic (exact) mass is 416 g/mol. The number of rotatable bonds is 8. The van der Waals surface area contributed by atoms with Gasteiger partial charge in [-0.2, -0.15) is 0 Å². The summed E-state index contributed by atoms with van der Waals surface area (Å²) in [6.07, 6.45) is 4.96. The van der Waals surface area contributed by atoms with Gasteiger partial charge in [-0.25, -0.2) is 8.42 Å². The molecule has 156 valence electrons. The predicted octanol–water partition coefficient (Wildman–Crippen LogP) is 3.74. The van der Waals surface area contributed by atoms with Gasteiger partial charge in [0.2, 0.25) is 0 Å². The van der Waals surface area contributed by atoms with Crippen molar-refractivity contribution in [3.63, 3.8) is 0 Å². The smallest absolute Gasteiger partial charge is 0.261 e. The van der Waals surface area contributed by atoms with Crippen molar-refractivity contribution in [3.8, 4) is 0 Å². The van der Waals surface area contributed by atoms with E-state index in [0.29, 0.717) is 24.5 Å². The summed E-state index contributed by atoms with van der Waals surface area (Å²) in [5, 5.41) is 2.91. The summed E-state index contributed by atoms with van der Waals surface area (Å²) in [5.41, 5.74) is 1.99. The molecule has 0 spiro atoms. The Hall–Kier alpha value is -2.38. The molecule has 0 radical (unpaired) electrons. The van der Waals surface area contributed by atoms with Crippen LogP contribution >= 0.6 is 0 Å². The zero-order valence-corrected chi connectivity index (χ0v) is 17.5. The number of amides is 1. The highest BCUT2D eigenvalue weighted by Crippen LogP contribution is 2.19. The second-order valence-electron chi connectivity index (χ2n) is 7.32. The van der Waals surface area contributed by atoms with Crippen molar-refractivity contribution in [2.45, 2.75) is 50.0 Å². The minimum absolute atomic E-state index is 0.0409. The van der Waals surface area contributed by atoms with Crippen molar-refractivity contribution < 1.29 is 17.9 Å². The first-order valence-electron chi connectivity index (χ1n) is 10.1. The number of sulfonamides is 1. The van der Waals surface area contributed by atoms with E-state index in [2.05, 4.69) is 17.0 Å². The molecule has 29 heavy (non-hydrogen) atoms. The fraction of sp³-hybridized carbons (Fsp3) is 0.409. The molecular formula is C22H28N2O4S. The van der Waals surface area contributed by atoms with E-state index in [-0.39, 0.29) is 16.8 Å². The number of carbonyl (C=O) groups excluding carboxylic acids is 1. The molecule has 1 saturated heterocycles. The maximum atomic E-state index is 12.8. The molecule has 0 saturated carbocycles. The Morgan fingerprint density at radius 2 is 1.97 bits per heavy atom. The molecule has 1 heterocycles. The van der Waals surface area contributed by atoms with Crippen LogP contribution in [0.2, 0.25) is 0 Å². The van der Waals surface area contributed by atoms with E-state index >= 15 is 0 Å². The lowest BCUT2D eigenvalue weighted by Gasteiger charge is -2.23. The second-order valence-corrected chi connectivity index (χ2v) is 9.00. The van der Waals surface area contributed by atoms with Gasteiger partial charge in [0.05, 0.1) is 17.5 Å². The number of hydrogen-bond donors (Lipinski definition) is 2. The largest absolute Gasteiger partial charge is 0.379 e. The average Bonchev–Trinajstić information content (AvgIpc) is 2.74. The van der Waals surface area contributed by atoms with Crippen LogP contribution < -0.4 is 10.0 Å². The van der Waals surface area contributed by atoms with E-state index in [1.165, 1.54) is 17.7 Å². The normalized spacial score (nSPS) is 16.9. The maximum absolute atomic E-state index is 12.8. The molecule has 1 fully saturated rings. The quantitative estimate of drug-likeness (QED) is 0.687. The van der Waals surface area contributed by atoms with Gasteiger partial charge in [0.25, 0.3) is 15.9 Å². The zero-order chi connectivity index (χ0) is 20.7. The van der Waals surface area contributed by atoms with Gasteiger partial charge in [0.1, 0.15) is 0 Å². The molecule has 2 aromatic rings. The topological polar surface area (TPSA) is 84.5 Å². The molecule has 2 N–H and O–H groups in total. The Balaban J connectivity index is 1.68. The molecule has 7 heteroatoms. The second kappa shape index (κ2) is 9.89. The van der Waals surface area contributed by atoms with E-state index in [4.69, 9.17) is 4.74 Å². The third-order valence-corrected chi connectivity index (χ3v) is 6.31. The summed E-state index contributed by atoms with van der Waals surface area (Å²) in [7, 11) is -3.79. The molecule has 3 rings (SSSR count). The SMILES string of the molecule is CCCCc1ccc(NS(=O)(=O)c2cccc(C(=O)NC3CCCOC3)c2)cc1. The van der Waals surface area contributed by atoms with Crippen LogP contribution in [0.3, 0.4) is 0 Å². The number of hydrogen-bond acceptors (Lipinski definition) is 4. The summed E-state index contributed by atoms with van der Waals surface area (Å²) in [6.45, 7) is 3.34. The molecule has 1 atom stereocenters. The minimum atomic E-state index is -3.79. The van der Waals surface area contributed by atoms with E-state index in [0.717, 1.165) is 32.1 Å². The summed E-state index contributed by atoms with van der Waals surface area (Å²) in [6, 6.07) is 13.4. The first kappa shape index (κ1) is 21.3. The highest BCUT2D eigenvalue weighted by Gasteiger charge is 2.20. The summed E-state index contributed by atoms with van der Waals surface area (Å²) >= 11 is 0. The number of ether oxygens (including phenoxy) is 1. The van der Waals surface area contributed by atoms with Crippen LogP contribution in [0.25, 0.3) is 0 Å². The molecule has 6 nitrogen and oxygen atoms in total. The number of aryl methyl sites for hydroxylation is 1. The van der Waals surface area contributed by atoms with Gasteiger partial charge in [-0.05, 0) is 61.6 Å². The van der Waals surface area contributed by atoms with Gasteiger partial charge in [0.15, 0.2) is 0 Å². The number of unbranched alkanes of at least 4 members (excludes halogenated alkanes) is 1. The lowest BCUT2D eigenvalue weighted by Crippen LogP contribution is -2.40. The van der Waals surface area contributed by atoms with Gasteiger partial charge in [-0.15, -0.1) is 0 Å². The Morgan fingerprint density at radius 1 is 1.17 bits per heavy atom. The van der Waals surface area contributed by atoms with Crippen LogP contribution in [-0.4, -0.2) is 33.6 Å². The van der Waals surface area contributed by atoms with Crippen molar-refractivity contribution in [2.75, 3.05) is 17.9 Å². The molecular weight excluding hydrogens is 388 g/mol. The average molecular weight is 417 g/mol. The van der Waals surface area contributed by atoms with E-state index in [1.807, 2.05) is 12.1 Å². The summed E-state index contributed by atoms with van der Waals surface area (Å²) in [4.78, 5) is 12.5. The summed E-state index contributed by atoms with van der Waals surface area (Å²) < 4.78 is 33.5. The standard InChI is InChI=1S/C22H28N2O4S/c1-2-3-6-17-10-12-19(13-11-17)24-29(26,27)21-9-4-7-18(15-21)22(25)23-20-8-5-14-28-16-20/h4,7,9-13,15,20,24H,2-3,5-6,8,14,16H2,1H3,(H,23,25). The van der Waals surface area contributed by atoms with Crippen molar-refractivity contribution in [1.82, 2.24) is 5.32 Å². The van der Waals surface area contributed by atoms with Crippen LogP contribution in [0.5, 0.6) is 0 Å². The molecule has 1 amide bonds. The van der Waals surface area contributed by atoms with Crippen LogP contribution in [0.1, 0.15) is 48.5 Å². The number of benzene rings is 2. The Kier molecular flexibility index (Phi) is 7.28. The van der Waals surface area contributed by atoms with Gasteiger partial charge in [-0.1, -0.05) is 31.5 Å². The van der Waals surface area contributed by atoms with Gasteiger partial charge < -0.3 is 10.1 Å². The molecule has 1 aliphatic heterocycles. The maximum Gasteiger partial charge on any atom is 0.261 e. The van der Waals surface area contributed by atoms with Crippen LogP contribution in [0.15, 0.2) is 53.4 Å². The zero-order valence-electron chi connectivity index (χ0n) is 16.7. The van der Waals surface area contributed by atoms with Crippen molar-refractivity contribution >= 4 is 21.6 Å². The first-order chi connectivity index (χ1) is 14.0. The highest BCUT2D eigenvalue weighted by atomic mass is 32.2. The van der Waals surface area contributed by atoms with Crippen molar-refractivity contribution in [2.24, 2.45) is 0 Å². The fourth-order valence-electron chi connectivity index (χ4n) is 3.26.